The van der Waals surface area contributed by atoms with Gasteiger partial charge in [0.05, 0.1) is 10.0 Å². The van der Waals surface area contributed by atoms with Gasteiger partial charge in [-0.05, 0) is 30.2 Å². The summed E-state index contributed by atoms with van der Waals surface area (Å²) in [5.74, 6) is 0. The fourth-order valence-electron chi connectivity index (χ4n) is 1.71. The molecule has 0 unspecified atom stereocenters. The van der Waals surface area contributed by atoms with Gasteiger partial charge in [0.25, 0.3) is 0 Å². The van der Waals surface area contributed by atoms with Crippen LogP contribution in [0.25, 0.3) is 11.1 Å². The Bertz CT molecular complexity index is 576. The molecule has 0 spiro atoms. The van der Waals surface area contributed by atoms with Gasteiger partial charge in [-0.1, -0.05) is 47.5 Å². The minimum Gasteiger partial charge on any atom is -0.298 e. The zero-order valence-corrected chi connectivity index (χ0v) is 10.7. The number of hydrogen-bond acceptors (Lipinski definition) is 1. The molecule has 0 aliphatic heterocycles. The van der Waals surface area contributed by atoms with Crippen molar-refractivity contribution in [1.29, 1.82) is 0 Å². The lowest BCUT2D eigenvalue weighted by atomic mass is 9.98. The lowest BCUT2D eigenvalue weighted by molar-refractivity contribution is 0.112. The van der Waals surface area contributed by atoms with Crippen LogP contribution in [0, 0.1) is 6.92 Å². The third-order valence-electron chi connectivity index (χ3n) is 2.64. The van der Waals surface area contributed by atoms with Gasteiger partial charge in [-0.3, -0.25) is 4.79 Å². The average Bonchev–Trinajstić information content (AvgIpc) is 2.34. The summed E-state index contributed by atoms with van der Waals surface area (Å²) in [4.78, 5) is 10.8. The average molecular weight is 265 g/mol. The van der Waals surface area contributed by atoms with Crippen LogP contribution in [0.2, 0.25) is 10.0 Å². The highest BCUT2D eigenvalue weighted by molar-refractivity contribution is 6.43. The van der Waals surface area contributed by atoms with E-state index in [0.29, 0.717) is 15.6 Å². The summed E-state index contributed by atoms with van der Waals surface area (Å²) >= 11 is 12.2. The van der Waals surface area contributed by atoms with Crippen LogP contribution in [-0.2, 0) is 0 Å². The Balaban J connectivity index is 2.67. The van der Waals surface area contributed by atoms with Crippen molar-refractivity contribution < 1.29 is 4.79 Å². The van der Waals surface area contributed by atoms with Crippen molar-refractivity contribution in [1.82, 2.24) is 0 Å². The number of aryl methyl sites for hydroxylation is 1. The van der Waals surface area contributed by atoms with Gasteiger partial charge < -0.3 is 0 Å². The van der Waals surface area contributed by atoms with E-state index in [1.54, 1.807) is 12.1 Å². The highest BCUT2D eigenvalue weighted by Crippen LogP contribution is 2.35. The molecule has 0 saturated heterocycles. The standard InChI is InChI=1S/C14H10Cl2O/c1-9-5-6-10(8-17)7-12(9)11-3-2-4-13(15)14(11)16/h2-8H,1H3. The minimum atomic E-state index is 0.514. The summed E-state index contributed by atoms with van der Waals surface area (Å²) in [6.07, 6.45) is 0.821. The van der Waals surface area contributed by atoms with E-state index in [0.717, 1.165) is 23.0 Å². The molecule has 86 valence electrons. The molecule has 0 aromatic heterocycles. The molecule has 2 aromatic carbocycles. The van der Waals surface area contributed by atoms with Crippen LogP contribution in [0.15, 0.2) is 36.4 Å². The molecule has 0 bridgehead atoms. The van der Waals surface area contributed by atoms with Crippen LogP contribution in [0.3, 0.4) is 0 Å². The molecule has 0 atom stereocenters. The largest absolute Gasteiger partial charge is 0.298 e. The number of aldehydes is 1. The van der Waals surface area contributed by atoms with Crippen molar-refractivity contribution in [3.63, 3.8) is 0 Å². The third-order valence-corrected chi connectivity index (χ3v) is 3.46. The van der Waals surface area contributed by atoms with E-state index in [2.05, 4.69) is 0 Å². The van der Waals surface area contributed by atoms with Gasteiger partial charge in [-0.2, -0.15) is 0 Å². The Hall–Kier alpha value is -1.31. The molecule has 17 heavy (non-hydrogen) atoms. The third kappa shape index (κ3) is 2.36. The van der Waals surface area contributed by atoms with Gasteiger partial charge in [0.15, 0.2) is 0 Å². The van der Waals surface area contributed by atoms with E-state index in [9.17, 15) is 4.79 Å². The van der Waals surface area contributed by atoms with Gasteiger partial charge >= 0.3 is 0 Å². The first kappa shape index (κ1) is 12.2. The lowest BCUT2D eigenvalue weighted by Crippen LogP contribution is -1.88. The molecular formula is C14H10Cl2O. The number of carbonyl (C=O) groups excluding carboxylic acids is 1. The van der Waals surface area contributed by atoms with Crippen molar-refractivity contribution >= 4 is 29.5 Å². The van der Waals surface area contributed by atoms with Gasteiger partial charge in [0.2, 0.25) is 0 Å². The SMILES string of the molecule is Cc1ccc(C=O)cc1-c1cccc(Cl)c1Cl. The first-order valence-corrected chi connectivity index (χ1v) is 5.89. The molecule has 0 saturated carbocycles. The molecule has 0 aliphatic carbocycles. The predicted octanol–water partition coefficient (Wildman–Crippen LogP) is 4.78. The van der Waals surface area contributed by atoms with Crippen LogP contribution in [0.4, 0.5) is 0 Å². The smallest absolute Gasteiger partial charge is 0.150 e. The Morgan fingerprint density at radius 1 is 1.06 bits per heavy atom. The monoisotopic (exact) mass is 264 g/mol. The van der Waals surface area contributed by atoms with Crippen LogP contribution < -0.4 is 0 Å². The number of hydrogen-bond donors (Lipinski definition) is 0. The second-order valence-corrected chi connectivity index (χ2v) is 4.58. The van der Waals surface area contributed by atoms with Gasteiger partial charge in [-0.15, -0.1) is 0 Å². The molecule has 1 nitrogen and oxygen atoms in total. The topological polar surface area (TPSA) is 17.1 Å². The molecular weight excluding hydrogens is 255 g/mol. The lowest BCUT2D eigenvalue weighted by Gasteiger charge is -2.09. The molecule has 0 amide bonds. The van der Waals surface area contributed by atoms with E-state index in [1.165, 1.54) is 0 Å². The second kappa shape index (κ2) is 4.91. The maximum absolute atomic E-state index is 10.8. The van der Waals surface area contributed by atoms with Crippen molar-refractivity contribution in [2.45, 2.75) is 6.92 Å². The molecule has 3 heteroatoms. The summed E-state index contributed by atoms with van der Waals surface area (Å²) in [5.41, 5.74) is 3.46. The fraction of sp³-hybridized carbons (Fsp3) is 0.0714. The summed E-state index contributed by atoms with van der Waals surface area (Å²) < 4.78 is 0. The zero-order chi connectivity index (χ0) is 12.4. The fourth-order valence-corrected chi connectivity index (χ4v) is 2.12. The quantitative estimate of drug-likeness (QED) is 0.714. The van der Waals surface area contributed by atoms with E-state index in [4.69, 9.17) is 23.2 Å². The highest BCUT2D eigenvalue weighted by Gasteiger charge is 2.09. The Morgan fingerprint density at radius 3 is 2.53 bits per heavy atom. The summed E-state index contributed by atoms with van der Waals surface area (Å²) in [6.45, 7) is 1.97. The molecule has 0 aliphatic rings. The van der Waals surface area contributed by atoms with E-state index in [1.807, 2.05) is 31.2 Å². The number of carbonyl (C=O) groups is 1. The zero-order valence-electron chi connectivity index (χ0n) is 9.21. The molecule has 0 N–H and O–H groups in total. The molecule has 0 heterocycles. The van der Waals surface area contributed by atoms with E-state index in [-0.39, 0.29) is 0 Å². The van der Waals surface area contributed by atoms with Gasteiger partial charge in [-0.25, -0.2) is 0 Å². The molecule has 2 rings (SSSR count). The van der Waals surface area contributed by atoms with Gasteiger partial charge in [0.1, 0.15) is 6.29 Å². The summed E-state index contributed by atoms with van der Waals surface area (Å²) in [6, 6.07) is 11.0. The second-order valence-electron chi connectivity index (χ2n) is 3.79. The van der Waals surface area contributed by atoms with Crippen LogP contribution in [0.1, 0.15) is 15.9 Å². The predicted molar refractivity (Wildman–Crippen MR) is 72.0 cm³/mol. The molecule has 0 radical (unpaired) electrons. The molecule has 0 fully saturated rings. The Labute approximate surface area is 110 Å². The van der Waals surface area contributed by atoms with Crippen LogP contribution in [0.5, 0.6) is 0 Å². The summed E-state index contributed by atoms with van der Waals surface area (Å²) in [5, 5.41) is 1.03. The molecule has 2 aromatic rings. The normalized spacial score (nSPS) is 10.3. The first-order chi connectivity index (χ1) is 8.13. The summed E-state index contributed by atoms with van der Waals surface area (Å²) in [7, 11) is 0. The van der Waals surface area contributed by atoms with Gasteiger partial charge in [0, 0.05) is 11.1 Å². The Kier molecular flexibility index (Phi) is 3.51. The van der Waals surface area contributed by atoms with Crippen molar-refractivity contribution in [3.05, 3.63) is 57.6 Å². The maximum Gasteiger partial charge on any atom is 0.150 e. The Morgan fingerprint density at radius 2 is 1.82 bits per heavy atom. The van der Waals surface area contributed by atoms with Crippen molar-refractivity contribution in [2.24, 2.45) is 0 Å². The number of benzene rings is 2. The van der Waals surface area contributed by atoms with E-state index >= 15 is 0 Å². The van der Waals surface area contributed by atoms with Crippen molar-refractivity contribution in [2.75, 3.05) is 0 Å². The first-order valence-electron chi connectivity index (χ1n) is 5.13. The maximum atomic E-state index is 10.8. The van der Waals surface area contributed by atoms with Crippen molar-refractivity contribution in [3.8, 4) is 11.1 Å². The number of rotatable bonds is 2. The highest BCUT2D eigenvalue weighted by atomic mass is 35.5. The van der Waals surface area contributed by atoms with Crippen LogP contribution >= 0.6 is 23.2 Å². The minimum absolute atomic E-state index is 0.514. The van der Waals surface area contributed by atoms with Crippen LogP contribution in [-0.4, -0.2) is 6.29 Å². The van der Waals surface area contributed by atoms with E-state index < -0.39 is 0 Å². The number of halogens is 2.